The Labute approximate surface area is 231 Å². The van der Waals surface area contributed by atoms with Crippen molar-refractivity contribution in [3.63, 3.8) is 0 Å². The molecule has 1 fully saturated rings. The number of hydrogen-bond acceptors (Lipinski definition) is 4. The molecule has 0 saturated carbocycles. The first-order valence-electron chi connectivity index (χ1n) is 13.4. The van der Waals surface area contributed by atoms with E-state index >= 15 is 0 Å². The van der Waals surface area contributed by atoms with Crippen molar-refractivity contribution in [3.05, 3.63) is 89.0 Å². The number of anilines is 1. The molecular formula is C32H34N2O4Si. The molecule has 0 spiro atoms. The summed E-state index contributed by atoms with van der Waals surface area (Å²) in [6.45, 7) is 9.22. The average Bonchev–Trinajstić information content (AvgIpc) is 3.23. The molecule has 200 valence electrons. The Morgan fingerprint density at radius 2 is 1.54 bits per heavy atom. The third kappa shape index (κ3) is 6.18. The van der Waals surface area contributed by atoms with E-state index in [0.717, 1.165) is 16.8 Å². The van der Waals surface area contributed by atoms with Crippen molar-refractivity contribution in [2.45, 2.75) is 32.0 Å². The summed E-state index contributed by atoms with van der Waals surface area (Å²) >= 11 is 0. The fourth-order valence-electron chi connectivity index (χ4n) is 5.30. The van der Waals surface area contributed by atoms with Gasteiger partial charge in [0.15, 0.2) is 0 Å². The number of carboxylic acid groups (broad SMARTS) is 1. The predicted molar refractivity (Wildman–Crippen MR) is 157 cm³/mol. The van der Waals surface area contributed by atoms with E-state index in [-0.39, 0.29) is 18.4 Å². The maximum Gasteiger partial charge on any atom is 0.409 e. The van der Waals surface area contributed by atoms with Gasteiger partial charge in [-0.3, -0.25) is 4.79 Å². The number of ether oxygens (including phenoxy) is 1. The molecule has 3 aromatic carbocycles. The molecule has 1 amide bonds. The molecule has 1 heterocycles. The third-order valence-corrected chi connectivity index (χ3v) is 8.03. The van der Waals surface area contributed by atoms with Gasteiger partial charge in [-0.1, -0.05) is 74.1 Å². The topological polar surface area (TPSA) is 70.1 Å². The number of carbonyl (C=O) groups excluding carboxylic acids is 1. The van der Waals surface area contributed by atoms with Crippen molar-refractivity contribution in [3.8, 4) is 22.6 Å². The van der Waals surface area contributed by atoms with Gasteiger partial charge in [-0.15, -0.1) is 5.54 Å². The maximum atomic E-state index is 13.0. The lowest BCUT2D eigenvalue weighted by Crippen LogP contribution is -2.49. The second-order valence-corrected chi connectivity index (χ2v) is 16.0. The van der Waals surface area contributed by atoms with Crippen LogP contribution in [-0.2, 0) is 16.0 Å². The van der Waals surface area contributed by atoms with Crippen LogP contribution in [0.15, 0.2) is 66.7 Å². The number of piperazine rings is 1. The fourth-order valence-corrected chi connectivity index (χ4v) is 5.82. The highest BCUT2D eigenvalue weighted by molar-refractivity contribution is 6.83. The van der Waals surface area contributed by atoms with Gasteiger partial charge in [0.05, 0.1) is 6.42 Å². The van der Waals surface area contributed by atoms with Gasteiger partial charge in [-0.2, -0.15) is 0 Å². The zero-order valence-electron chi connectivity index (χ0n) is 22.7. The molecule has 1 saturated heterocycles. The van der Waals surface area contributed by atoms with Crippen molar-refractivity contribution in [2.24, 2.45) is 0 Å². The van der Waals surface area contributed by atoms with Crippen molar-refractivity contribution >= 4 is 25.8 Å². The van der Waals surface area contributed by atoms with Crippen molar-refractivity contribution in [1.29, 1.82) is 0 Å². The second kappa shape index (κ2) is 11.0. The van der Waals surface area contributed by atoms with Crippen LogP contribution < -0.4 is 4.90 Å². The third-order valence-electron chi connectivity index (χ3n) is 7.15. The van der Waals surface area contributed by atoms with Crippen molar-refractivity contribution in [2.75, 3.05) is 37.7 Å². The van der Waals surface area contributed by atoms with Crippen LogP contribution in [0.4, 0.5) is 10.5 Å². The number of fused-ring (bicyclic) bond motifs is 3. The summed E-state index contributed by atoms with van der Waals surface area (Å²) < 4.78 is 5.85. The molecule has 1 aliphatic carbocycles. The number of aliphatic carboxylic acids is 1. The summed E-state index contributed by atoms with van der Waals surface area (Å²) in [5.74, 6) is 2.44. The Morgan fingerprint density at radius 1 is 0.923 bits per heavy atom. The van der Waals surface area contributed by atoms with Gasteiger partial charge >= 0.3 is 12.1 Å². The van der Waals surface area contributed by atoms with Gasteiger partial charge in [-0.05, 0) is 46.0 Å². The van der Waals surface area contributed by atoms with Crippen LogP contribution in [0.2, 0.25) is 19.6 Å². The Kier molecular flexibility index (Phi) is 7.49. The number of carbonyl (C=O) groups is 2. The Bertz CT molecular complexity index is 1410. The summed E-state index contributed by atoms with van der Waals surface area (Å²) in [5, 5.41) is 9.35. The Hall–Kier alpha value is -4.02. The van der Waals surface area contributed by atoms with Gasteiger partial charge in [-0.25, -0.2) is 4.79 Å². The van der Waals surface area contributed by atoms with Crippen LogP contribution in [0.25, 0.3) is 11.1 Å². The van der Waals surface area contributed by atoms with Crippen LogP contribution in [-0.4, -0.2) is 62.9 Å². The molecule has 0 aromatic heterocycles. The van der Waals surface area contributed by atoms with Crippen LogP contribution in [0.5, 0.6) is 0 Å². The monoisotopic (exact) mass is 538 g/mol. The van der Waals surface area contributed by atoms with Crippen LogP contribution in [0.3, 0.4) is 0 Å². The van der Waals surface area contributed by atoms with Crippen molar-refractivity contribution in [1.82, 2.24) is 4.90 Å². The summed E-state index contributed by atoms with van der Waals surface area (Å²) in [6, 6.07) is 22.5. The molecule has 0 unspecified atom stereocenters. The minimum absolute atomic E-state index is 0.0373. The van der Waals surface area contributed by atoms with Crippen molar-refractivity contribution < 1.29 is 19.4 Å². The van der Waals surface area contributed by atoms with Gasteiger partial charge in [0.1, 0.15) is 14.7 Å². The smallest absolute Gasteiger partial charge is 0.409 e. The lowest BCUT2D eigenvalue weighted by atomic mass is 9.98. The van der Waals surface area contributed by atoms with E-state index in [9.17, 15) is 14.7 Å². The summed E-state index contributed by atoms with van der Waals surface area (Å²) in [4.78, 5) is 28.4. The molecule has 3 aromatic rings. The zero-order valence-corrected chi connectivity index (χ0v) is 23.7. The maximum absolute atomic E-state index is 13.0. The number of hydrogen-bond donors (Lipinski definition) is 1. The fraction of sp³-hybridized carbons (Fsp3) is 0.312. The molecule has 6 nitrogen and oxygen atoms in total. The first-order valence-corrected chi connectivity index (χ1v) is 16.9. The largest absolute Gasteiger partial charge is 0.481 e. The molecule has 0 radical (unpaired) electrons. The van der Waals surface area contributed by atoms with E-state index in [1.54, 1.807) is 4.90 Å². The molecular weight excluding hydrogens is 504 g/mol. The lowest BCUT2D eigenvalue weighted by Gasteiger charge is -2.36. The number of amides is 1. The van der Waals surface area contributed by atoms with E-state index in [4.69, 9.17) is 4.74 Å². The summed E-state index contributed by atoms with van der Waals surface area (Å²) in [5.41, 5.74) is 10.7. The zero-order chi connectivity index (χ0) is 27.6. The van der Waals surface area contributed by atoms with Gasteiger partial charge < -0.3 is 19.6 Å². The number of carboxylic acids is 1. The van der Waals surface area contributed by atoms with E-state index in [1.807, 2.05) is 42.5 Å². The van der Waals surface area contributed by atoms with E-state index in [2.05, 4.69) is 60.3 Å². The van der Waals surface area contributed by atoms with Crippen LogP contribution in [0, 0.1) is 11.5 Å². The minimum atomic E-state index is -1.57. The molecule has 2 aliphatic rings. The van der Waals surface area contributed by atoms with E-state index < -0.39 is 14.0 Å². The highest BCUT2D eigenvalue weighted by Crippen LogP contribution is 2.44. The summed E-state index contributed by atoms with van der Waals surface area (Å²) in [6.07, 6.45) is -0.340. The van der Waals surface area contributed by atoms with Crippen LogP contribution >= 0.6 is 0 Å². The highest BCUT2D eigenvalue weighted by Gasteiger charge is 2.30. The molecule has 0 bridgehead atoms. The van der Waals surface area contributed by atoms with Gasteiger partial charge in [0, 0.05) is 43.3 Å². The SMILES string of the molecule is C[Si](C)(C)C#Cc1cc(CC(=O)O)cc(N2CCN(C(=O)OCC3c4ccccc4-c4ccccc43)CC2)c1. The van der Waals surface area contributed by atoms with E-state index in [0.29, 0.717) is 32.8 Å². The van der Waals surface area contributed by atoms with E-state index in [1.165, 1.54) is 22.3 Å². The minimum Gasteiger partial charge on any atom is -0.481 e. The number of nitrogens with zero attached hydrogens (tertiary/aromatic N) is 2. The average molecular weight is 539 g/mol. The lowest BCUT2D eigenvalue weighted by molar-refractivity contribution is -0.136. The van der Waals surface area contributed by atoms with Gasteiger partial charge in [0.25, 0.3) is 0 Å². The second-order valence-electron chi connectivity index (χ2n) is 11.2. The Morgan fingerprint density at radius 3 is 2.13 bits per heavy atom. The molecule has 1 N–H and O–H groups in total. The van der Waals surface area contributed by atoms with Gasteiger partial charge in [0.2, 0.25) is 0 Å². The number of rotatable bonds is 5. The molecule has 7 heteroatoms. The summed E-state index contributed by atoms with van der Waals surface area (Å²) in [7, 11) is -1.57. The van der Waals surface area contributed by atoms with Crippen LogP contribution in [0.1, 0.15) is 28.2 Å². The molecule has 1 aliphatic heterocycles. The molecule has 5 rings (SSSR count). The normalized spacial score (nSPS) is 14.7. The first kappa shape index (κ1) is 26.6. The molecule has 0 atom stereocenters. The predicted octanol–water partition coefficient (Wildman–Crippen LogP) is 5.61. The highest BCUT2D eigenvalue weighted by atomic mass is 28.3. The molecule has 39 heavy (non-hydrogen) atoms. The standard InChI is InChI=1S/C32H34N2O4Si/c1-39(2,3)17-12-23-18-24(21-31(35)36)20-25(19-23)33-13-15-34(16-14-33)32(37)38-22-30-28-10-6-4-8-26(28)27-9-5-7-11-29(27)30/h4-11,18-20,30H,13-16,21-22H2,1-3H3,(H,35,36). The first-order chi connectivity index (χ1) is 18.7. The Balaban J connectivity index is 1.24. The quantitative estimate of drug-likeness (QED) is 0.338. The number of benzene rings is 3.